The fourth-order valence-electron chi connectivity index (χ4n) is 1.04. The molecule has 0 spiro atoms. The molecule has 0 aliphatic rings. The summed E-state index contributed by atoms with van der Waals surface area (Å²) in [7, 11) is -0.954. The molecule has 0 rings (SSSR count). The highest BCUT2D eigenvalue weighted by atomic mass is 28.3. The highest BCUT2D eigenvalue weighted by molar-refractivity contribution is 6.76. The lowest BCUT2D eigenvalue weighted by molar-refractivity contribution is 0.253. The molecule has 1 unspecified atom stereocenters. The lowest BCUT2D eigenvalue weighted by atomic mass is 10.1. The Balaban J connectivity index is 3.86. The standard InChI is InChI=1S/C11H22OSi/c1-5-7-11(10-12)8-6-9-13(2,3)4/h5-6,8,11-12H,1,7,9-10H2,2-4H3/b8-6+. The van der Waals surface area contributed by atoms with E-state index in [4.69, 9.17) is 5.11 Å². The van der Waals surface area contributed by atoms with Gasteiger partial charge in [-0.05, 0) is 12.5 Å². The highest BCUT2D eigenvalue weighted by Gasteiger charge is 2.10. The van der Waals surface area contributed by atoms with Crippen molar-refractivity contribution in [2.45, 2.75) is 32.1 Å². The zero-order valence-electron chi connectivity index (χ0n) is 9.09. The first-order valence-corrected chi connectivity index (χ1v) is 8.58. The second-order valence-electron chi connectivity index (χ2n) is 4.66. The summed E-state index contributed by atoms with van der Waals surface area (Å²) >= 11 is 0. The van der Waals surface area contributed by atoms with Gasteiger partial charge in [0.15, 0.2) is 0 Å². The molecule has 0 fully saturated rings. The summed E-state index contributed by atoms with van der Waals surface area (Å²) in [5, 5.41) is 9.00. The molecule has 0 saturated heterocycles. The number of hydrogen-bond donors (Lipinski definition) is 1. The lowest BCUT2D eigenvalue weighted by Crippen LogP contribution is -2.17. The van der Waals surface area contributed by atoms with Crippen molar-refractivity contribution in [3.8, 4) is 0 Å². The second kappa shape index (κ2) is 6.16. The van der Waals surface area contributed by atoms with Crippen LogP contribution in [0.4, 0.5) is 0 Å². The molecular formula is C11H22OSi. The Bertz CT molecular complexity index is 167. The molecule has 0 aromatic heterocycles. The SMILES string of the molecule is C=CCC(/C=C/C[Si](C)(C)C)CO. The third-order valence-electron chi connectivity index (χ3n) is 1.84. The third-order valence-corrected chi connectivity index (χ3v) is 3.30. The van der Waals surface area contributed by atoms with Gasteiger partial charge in [-0.25, -0.2) is 0 Å². The summed E-state index contributed by atoms with van der Waals surface area (Å²) in [5.74, 6) is 0.272. The van der Waals surface area contributed by atoms with Gasteiger partial charge in [0.25, 0.3) is 0 Å². The van der Waals surface area contributed by atoms with Crippen molar-refractivity contribution < 1.29 is 5.11 Å². The van der Waals surface area contributed by atoms with Crippen LogP contribution in [0.15, 0.2) is 24.8 Å². The highest BCUT2D eigenvalue weighted by Crippen LogP contribution is 2.11. The molecule has 1 N–H and O–H groups in total. The van der Waals surface area contributed by atoms with Crippen LogP contribution in [-0.4, -0.2) is 19.8 Å². The number of hydrogen-bond acceptors (Lipinski definition) is 1. The van der Waals surface area contributed by atoms with Crippen LogP contribution in [-0.2, 0) is 0 Å². The average Bonchev–Trinajstić information content (AvgIpc) is 2.01. The van der Waals surface area contributed by atoms with E-state index in [-0.39, 0.29) is 12.5 Å². The smallest absolute Gasteiger partial charge is 0.0496 e. The molecule has 0 radical (unpaired) electrons. The molecule has 76 valence electrons. The summed E-state index contributed by atoms with van der Waals surface area (Å²) in [6, 6.07) is 1.20. The lowest BCUT2D eigenvalue weighted by Gasteiger charge is -2.12. The Morgan fingerprint density at radius 2 is 2.00 bits per heavy atom. The average molecular weight is 198 g/mol. The van der Waals surface area contributed by atoms with Crippen LogP contribution in [0.1, 0.15) is 6.42 Å². The van der Waals surface area contributed by atoms with E-state index in [1.54, 1.807) is 0 Å². The molecule has 0 aliphatic heterocycles. The van der Waals surface area contributed by atoms with Crippen LogP contribution in [0, 0.1) is 5.92 Å². The first kappa shape index (κ1) is 12.7. The quantitative estimate of drug-likeness (QED) is 0.514. The van der Waals surface area contributed by atoms with E-state index < -0.39 is 8.07 Å². The predicted octanol–water partition coefficient (Wildman–Crippen LogP) is 3.07. The predicted molar refractivity (Wildman–Crippen MR) is 62.7 cm³/mol. The first-order valence-electron chi connectivity index (χ1n) is 4.88. The van der Waals surface area contributed by atoms with E-state index in [0.29, 0.717) is 0 Å². The van der Waals surface area contributed by atoms with Crippen molar-refractivity contribution in [3.05, 3.63) is 24.8 Å². The Labute approximate surface area is 83.2 Å². The summed E-state index contributed by atoms with van der Waals surface area (Å²) in [5.41, 5.74) is 0. The van der Waals surface area contributed by atoms with Crippen LogP contribution >= 0.6 is 0 Å². The first-order chi connectivity index (χ1) is 5.99. The number of rotatable bonds is 6. The molecule has 2 heteroatoms. The Morgan fingerprint density at radius 1 is 1.38 bits per heavy atom. The monoisotopic (exact) mass is 198 g/mol. The molecular weight excluding hydrogens is 176 g/mol. The normalized spacial score (nSPS) is 14.8. The van der Waals surface area contributed by atoms with Gasteiger partial charge in [0.2, 0.25) is 0 Å². The number of aliphatic hydroxyl groups is 1. The van der Waals surface area contributed by atoms with Gasteiger partial charge in [-0.2, -0.15) is 0 Å². The second-order valence-corrected chi connectivity index (χ2v) is 10.2. The van der Waals surface area contributed by atoms with Crippen molar-refractivity contribution in [3.63, 3.8) is 0 Å². The summed E-state index contributed by atoms with van der Waals surface area (Å²) in [6.07, 6.45) is 7.08. The molecule has 0 aromatic carbocycles. The third kappa shape index (κ3) is 8.00. The summed E-state index contributed by atoms with van der Waals surface area (Å²) in [4.78, 5) is 0. The molecule has 13 heavy (non-hydrogen) atoms. The molecule has 0 amide bonds. The number of aliphatic hydroxyl groups excluding tert-OH is 1. The van der Waals surface area contributed by atoms with E-state index in [2.05, 4.69) is 38.4 Å². The van der Waals surface area contributed by atoms with Crippen molar-refractivity contribution in [2.24, 2.45) is 5.92 Å². The molecule has 0 bridgehead atoms. The maximum absolute atomic E-state index is 9.00. The fourth-order valence-corrected chi connectivity index (χ4v) is 1.89. The van der Waals surface area contributed by atoms with Crippen LogP contribution in [0.3, 0.4) is 0 Å². The minimum atomic E-state index is -0.954. The van der Waals surface area contributed by atoms with Gasteiger partial charge in [-0.1, -0.05) is 37.9 Å². The Hall–Kier alpha value is -0.343. The van der Waals surface area contributed by atoms with E-state index in [9.17, 15) is 0 Å². The molecule has 0 aromatic rings. The Morgan fingerprint density at radius 3 is 2.38 bits per heavy atom. The molecule has 0 aliphatic carbocycles. The van der Waals surface area contributed by atoms with E-state index >= 15 is 0 Å². The molecule has 0 heterocycles. The largest absolute Gasteiger partial charge is 0.396 e. The molecule has 1 nitrogen and oxygen atoms in total. The van der Waals surface area contributed by atoms with E-state index in [0.717, 1.165) is 6.42 Å². The Kier molecular flexibility index (Phi) is 6.00. The zero-order valence-corrected chi connectivity index (χ0v) is 10.1. The van der Waals surface area contributed by atoms with Crippen molar-refractivity contribution in [1.82, 2.24) is 0 Å². The van der Waals surface area contributed by atoms with Crippen LogP contribution in [0.2, 0.25) is 25.7 Å². The van der Waals surface area contributed by atoms with Crippen molar-refractivity contribution in [2.75, 3.05) is 6.61 Å². The van der Waals surface area contributed by atoms with Crippen LogP contribution in [0.5, 0.6) is 0 Å². The topological polar surface area (TPSA) is 20.2 Å². The van der Waals surface area contributed by atoms with Gasteiger partial charge in [-0.3, -0.25) is 0 Å². The summed E-state index contributed by atoms with van der Waals surface area (Å²) < 4.78 is 0. The van der Waals surface area contributed by atoms with Gasteiger partial charge < -0.3 is 5.11 Å². The zero-order chi connectivity index (χ0) is 10.3. The molecule has 1 atom stereocenters. The fraction of sp³-hybridized carbons (Fsp3) is 0.636. The minimum Gasteiger partial charge on any atom is -0.396 e. The summed E-state index contributed by atoms with van der Waals surface area (Å²) in [6.45, 7) is 10.9. The van der Waals surface area contributed by atoms with E-state index in [1.807, 2.05) is 6.08 Å². The van der Waals surface area contributed by atoms with Crippen molar-refractivity contribution in [1.29, 1.82) is 0 Å². The molecule has 0 saturated carbocycles. The maximum atomic E-state index is 9.00. The van der Waals surface area contributed by atoms with Gasteiger partial charge in [-0.15, -0.1) is 6.58 Å². The van der Waals surface area contributed by atoms with Gasteiger partial charge >= 0.3 is 0 Å². The van der Waals surface area contributed by atoms with Crippen LogP contribution < -0.4 is 0 Å². The van der Waals surface area contributed by atoms with E-state index in [1.165, 1.54) is 6.04 Å². The van der Waals surface area contributed by atoms with Crippen LogP contribution in [0.25, 0.3) is 0 Å². The minimum absolute atomic E-state index is 0.230. The van der Waals surface area contributed by atoms with Gasteiger partial charge in [0.1, 0.15) is 0 Å². The number of allylic oxidation sites excluding steroid dienone is 2. The maximum Gasteiger partial charge on any atom is 0.0496 e. The van der Waals surface area contributed by atoms with Gasteiger partial charge in [0.05, 0.1) is 0 Å². The van der Waals surface area contributed by atoms with Gasteiger partial charge in [0, 0.05) is 20.6 Å². The van der Waals surface area contributed by atoms with Crippen molar-refractivity contribution >= 4 is 8.07 Å².